The minimum atomic E-state index is -0.330. The fraction of sp³-hybridized carbons (Fsp3) is 0.0952. The number of carbonyl (C=O) groups is 1. The minimum Gasteiger partial charge on any atom is -0.370 e. The molecule has 2 aromatic carbocycles. The number of amides is 1. The lowest BCUT2D eigenvalue weighted by Gasteiger charge is -2.08. The second-order valence-corrected chi connectivity index (χ2v) is 5.85. The van der Waals surface area contributed by atoms with Crippen LogP contribution in [0.1, 0.15) is 21.5 Å². The van der Waals surface area contributed by atoms with E-state index in [0.29, 0.717) is 29.2 Å². The van der Waals surface area contributed by atoms with Crippen molar-refractivity contribution in [3.8, 4) is 6.07 Å². The first-order chi connectivity index (χ1) is 13.2. The number of nitriles is 1. The molecule has 3 aromatic rings. The largest absolute Gasteiger partial charge is 0.370 e. The van der Waals surface area contributed by atoms with Gasteiger partial charge in [-0.1, -0.05) is 24.3 Å². The average molecular weight is 360 g/mol. The monoisotopic (exact) mass is 360 g/mol. The quantitative estimate of drug-likeness (QED) is 0.696. The number of hydrogen-bond acceptors (Lipinski definition) is 4. The van der Waals surface area contributed by atoms with Crippen LogP contribution in [0.15, 0.2) is 66.9 Å². The Bertz CT molecular complexity index is 963. The minimum absolute atomic E-state index is 0.250. The molecule has 0 unspecified atom stereocenters. The van der Waals surface area contributed by atoms with Crippen molar-refractivity contribution in [2.24, 2.45) is 0 Å². The third-order valence-electron chi connectivity index (χ3n) is 3.95. The topological polar surface area (TPSA) is 77.8 Å². The predicted octanol–water partition coefficient (Wildman–Crippen LogP) is 4.00. The van der Waals surface area contributed by atoms with Gasteiger partial charge in [0.05, 0.1) is 16.8 Å². The number of carbonyl (C=O) groups excluding carboxylic acids is 1. The van der Waals surface area contributed by atoms with Gasteiger partial charge in [-0.2, -0.15) is 5.26 Å². The van der Waals surface area contributed by atoms with E-state index in [1.807, 2.05) is 6.07 Å². The van der Waals surface area contributed by atoms with Crippen LogP contribution in [0.3, 0.4) is 0 Å². The van der Waals surface area contributed by atoms with Crippen LogP contribution < -0.4 is 10.6 Å². The number of pyridine rings is 1. The number of nitrogens with one attached hydrogen (secondary N) is 2. The Hall–Kier alpha value is -3.72. The first kappa shape index (κ1) is 18.1. The molecule has 0 spiro atoms. The maximum absolute atomic E-state index is 12.9. The first-order valence-electron chi connectivity index (χ1n) is 8.40. The number of anilines is 2. The Morgan fingerprint density at radius 1 is 1.07 bits per heavy atom. The second-order valence-electron chi connectivity index (χ2n) is 5.85. The molecular weight excluding hydrogens is 343 g/mol. The number of para-hydroxylation sites is 1. The number of halogens is 1. The van der Waals surface area contributed by atoms with Crippen LogP contribution >= 0.6 is 0 Å². The highest BCUT2D eigenvalue weighted by Crippen LogP contribution is 2.15. The molecule has 2 N–H and O–H groups in total. The maximum Gasteiger partial charge on any atom is 0.257 e. The van der Waals surface area contributed by atoms with Crippen molar-refractivity contribution in [2.75, 3.05) is 17.2 Å². The van der Waals surface area contributed by atoms with Gasteiger partial charge in [0.25, 0.3) is 5.91 Å². The van der Waals surface area contributed by atoms with E-state index in [1.165, 1.54) is 18.3 Å². The zero-order chi connectivity index (χ0) is 19.1. The summed E-state index contributed by atoms with van der Waals surface area (Å²) in [6.45, 7) is 0.639. The highest BCUT2D eigenvalue weighted by atomic mass is 19.1. The summed E-state index contributed by atoms with van der Waals surface area (Å²) in [5, 5.41) is 15.0. The van der Waals surface area contributed by atoms with E-state index < -0.39 is 0 Å². The van der Waals surface area contributed by atoms with Gasteiger partial charge in [-0.15, -0.1) is 0 Å². The van der Waals surface area contributed by atoms with Crippen LogP contribution in [-0.2, 0) is 6.42 Å². The third-order valence-corrected chi connectivity index (χ3v) is 3.95. The van der Waals surface area contributed by atoms with E-state index in [4.69, 9.17) is 5.26 Å². The van der Waals surface area contributed by atoms with Gasteiger partial charge in [-0.25, -0.2) is 9.37 Å². The van der Waals surface area contributed by atoms with E-state index >= 15 is 0 Å². The van der Waals surface area contributed by atoms with E-state index in [9.17, 15) is 9.18 Å². The van der Waals surface area contributed by atoms with Crippen molar-refractivity contribution < 1.29 is 9.18 Å². The van der Waals surface area contributed by atoms with Crippen molar-refractivity contribution in [1.29, 1.82) is 5.26 Å². The maximum atomic E-state index is 12.9. The molecular formula is C21H17FN4O. The van der Waals surface area contributed by atoms with Crippen LogP contribution in [0.2, 0.25) is 0 Å². The SMILES string of the molecule is N#Cc1ccccc1NC(=O)c1ccc(NCCc2ccc(F)cc2)nc1. The zero-order valence-corrected chi connectivity index (χ0v) is 14.4. The Morgan fingerprint density at radius 2 is 1.85 bits per heavy atom. The van der Waals surface area contributed by atoms with Gasteiger partial charge in [-0.3, -0.25) is 4.79 Å². The van der Waals surface area contributed by atoms with Crippen molar-refractivity contribution in [3.63, 3.8) is 0 Å². The Morgan fingerprint density at radius 3 is 2.56 bits per heavy atom. The van der Waals surface area contributed by atoms with Gasteiger partial charge in [-0.05, 0) is 48.4 Å². The van der Waals surface area contributed by atoms with Crippen LogP contribution in [-0.4, -0.2) is 17.4 Å². The molecule has 0 saturated carbocycles. The standard InChI is InChI=1S/C21H17FN4O/c22-18-8-5-15(6-9-18)11-12-24-20-10-7-17(14-25-20)21(27)26-19-4-2-1-3-16(19)13-23/h1-10,14H,11-12H2,(H,24,25)(H,26,27). The average Bonchev–Trinajstić information content (AvgIpc) is 2.70. The van der Waals surface area contributed by atoms with Gasteiger partial charge in [0.1, 0.15) is 17.7 Å². The summed E-state index contributed by atoms with van der Waals surface area (Å²) in [7, 11) is 0. The van der Waals surface area contributed by atoms with Gasteiger partial charge >= 0.3 is 0 Å². The van der Waals surface area contributed by atoms with Gasteiger partial charge in [0.2, 0.25) is 0 Å². The van der Waals surface area contributed by atoms with Crippen LogP contribution in [0.5, 0.6) is 0 Å². The second kappa shape index (κ2) is 8.59. The summed E-state index contributed by atoms with van der Waals surface area (Å²) in [6, 6.07) is 18.6. The number of benzene rings is 2. The summed E-state index contributed by atoms with van der Waals surface area (Å²) in [5.74, 6) is 0.0637. The van der Waals surface area contributed by atoms with E-state index in [0.717, 1.165) is 12.0 Å². The molecule has 1 amide bonds. The summed E-state index contributed by atoms with van der Waals surface area (Å²) in [5.41, 5.74) is 2.28. The molecule has 0 radical (unpaired) electrons. The molecule has 27 heavy (non-hydrogen) atoms. The molecule has 0 atom stereocenters. The molecule has 5 nitrogen and oxygen atoms in total. The number of aromatic nitrogens is 1. The molecule has 0 aliphatic rings. The highest BCUT2D eigenvalue weighted by Gasteiger charge is 2.09. The summed E-state index contributed by atoms with van der Waals surface area (Å²) >= 11 is 0. The molecule has 3 rings (SSSR count). The fourth-order valence-corrected chi connectivity index (χ4v) is 2.50. The highest BCUT2D eigenvalue weighted by molar-refractivity contribution is 6.04. The Kier molecular flexibility index (Phi) is 5.75. The first-order valence-corrected chi connectivity index (χ1v) is 8.40. The smallest absolute Gasteiger partial charge is 0.257 e. The lowest BCUT2D eigenvalue weighted by atomic mass is 10.1. The molecule has 134 valence electrons. The van der Waals surface area contributed by atoms with E-state index in [1.54, 1.807) is 48.5 Å². The molecule has 0 fully saturated rings. The molecule has 0 saturated heterocycles. The summed E-state index contributed by atoms with van der Waals surface area (Å²) < 4.78 is 12.9. The number of hydrogen-bond donors (Lipinski definition) is 2. The van der Waals surface area contributed by atoms with Gasteiger partial charge in [0.15, 0.2) is 0 Å². The van der Waals surface area contributed by atoms with Crippen LogP contribution in [0.25, 0.3) is 0 Å². The molecule has 1 aromatic heterocycles. The van der Waals surface area contributed by atoms with Gasteiger partial charge in [0, 0.05) is 12.7 Å². The molecule has 1 heterocycles. The van der Waals surface area contributed by atoms with Crippen LogP contribution in [0.4, 0.5) is 15.9 Å². The molecule has 0 aliphatic carbocycles. The molecule has 0 aliphatic heterocycles. The van der Waals surface area contributed by atoms with Gasteiger partial charge < -0.3 is 10.6 Å². The van der Waals surface area contributed by atoms with Crippen molar-refractivity contribution >= 4 is 17.4 Å². The zero-order valence-electron chi connectivity index (χ0n) is 14.4. The lowest BCUT2D eigenvalue weighted by molar-refractivity contribution is 0.102. The number of nitrogens with zero attached hydrogens (tertiary/aromatic N) is 2. The molecule has 0 bridgehead atoms. The molecule has 6 heteroatoms. The number of rotatable bonds is 6. The van der Waals surface area contributed by atoms with E-state index in [-0.39, 0.29) is 11.7 Å². The normalized spacial score (nSPS) is 10.1. The van der Waals surface area contributed by atoms with Crippen molar-refractivity contribution in [1.82, 2.24) is 4.98 Å². The Balaban J connectivity index is 1.55. The van der Waals surface area contributed by atoms with Crippen molar-refractivity contribution in [2.45, 2.75) is 6.42 Å². The fourth-order valence-electron chi connectivity index (χ4n) is 2.50. The Labute approximate surface area is 156 Å². The summed E-state index contributed by atoms with van der Waals surface area (Å²) in [4.78, 5) is 16.5. The predicted molar refractivity (Wildman–Crippen MR) is 102 cm³/mol. The van der Waals surface area contributed by atoms with Crippen LogP contribution in [0, 0.1) is 17.1 Å². The van der Waals surface area contributed by atoms with E-state index in [2.05, 4.69) is 15.6 Å². The summed E-state index contributed by atoms with van der Waals surface area (Å²) in [6.07, 6.45) is 2.21. The third kappa shape index (κ3) is 4.89. The lowest BCUT2D eigenvalue weighted by Crippen LogP contribution is -2.13. The van der Waals surface area contributed by atoms with Crippen molar-refractivity contribution in [3.05, 3.63) is 89.4 Å².